The summed E-state index contributed by atoms with van der Waals surface area (Å²) in [5.74, 6) is 0. The van der Waals surface area contributed by atoms with Crippen LogP contribution >= 0.6 is 0 Å². The average molecular weight is 688 g/mol. The maximum atomic E-state index is 6.30. The number of furan rings is 1. The molecule has 2 nitrogen and oxygen atoms in total. The van der Waals surface area contributed by atoms with E-state index in [-0.39, 0.29) is 0 Å². The Morgan fingerprint density at radius 3 is 1.67 bits per heavy atom. The van der Waals surface area contributed by atoms with Gasteiger partial charge in [-0.25, -0.2) is 0 Å². The van der Waals surface area contributed by atoms with Gasteiger partial charge < -0.3 is 9.32 Å². The lowest BCUT2D eigenvalue weighted by atomic mass is 9.95. The van der Waals surface area contributed by atoms with Crippen LogP contribution in [0.3, 0.4) is 0 Å². The van der Waals surface area contributed by atoms with Crippen LogP contribution in [0.1, 0.15) is 0 Å². The van der Waals surface area contributed by atoms with Crippen LogP contribution in [0, 0.1) is 0 Å². The third-order valence-corrected chi connectivity index (χ3v) is 11.0. The maximum absolute atomic E-state index is 6.30. The smallest absolute Gasteiger partial charge is 0.136 e. The highest BCUT2D eigenvalue weighted by Crippen LogP contribution is 2.45. The lowest BCUT2D eigenvalue weighted by molar-refractivity contribution is 0.669. The first-order chi connectivity index (χ1) is 26.7. The number of rotatable bonds is 5. The quantitative estimate of drug-likeness (QED) is 0.168. The summed E-state index contributed by atoms with van der Waals surface area (Å²) in [6, 6.07) is 72.5. The van der Waals surface area contributed by atoms with E-state index in [2.05, 4.69) is 193 Å². The second-order valence-electron chi connectivity index (χ2n) is 14.1. The van der Waals surface area contributed by atoms with E-state index in [4.69, 9.17) is 4.42 Å². The van der Waals surface area contributed by atoms with Gasteiger partial charge in [-0.15, -0.1) is 0 Å². The van der Waals surface area contributed by atoms with Crippen molar-refractivity contribution in [1.29, 1.82) is 0 Å². The Bertz CT molecular complexity index is 3200. The molecular weight excluding hydrogens is 655 g/mol. The first kappa shape index (κ1) is 30.5. The molecule has 11 aromatic rings. The van der Waals surface area contributed by atoms with E-state index in [1.165, 1.54) is 60.0 Å². The number of fused-ring (bicyclic) bond motifs is 9. The van der Waals surface area contributed by atoms with Crippen LogP contribution in [0.25, 0.3) is 87.3 Å². The predicted octanol–water partition coefficient (Wildman–Crippen LogP) is 15.0. The second kappa shape index (κ2) is 12.2. The average Bonchev–Trinajstić information content (AvgIpc) is 3.61. The molecule has 0 fully saturated rings. The van der Waals surface area contributed by atoms with Gasteiger partial charge in [0.2, 0.25) is 0 Å². The van der Waals surface area contributed by atoms with Gasteiger partial charge in [0.1, 0.15) is 11.2 Å². The van der Waals surface area contributed by atoms with Gasteiger partial charge in [-0.05, 0) is 115 Å². The van der Waals surface area contributed by atoms with Gasteiger partial charge in [-0.3, -0.25) is 0 Å². The van der Waals surface area contributed by atoms with Crippen molar-refractivity contribution in [3.63, 3.8) is 0 Å². The third-order valence-electron chi connectivity index (χ3n) is 11.0. The van der Waals surface area contributed by atoms with Crippen LogP contribution in [0.4, 0.5) is 17.1 Å². The lowest BCUT2D eigenvalue weighted by Crippen LogP contribution is -2.10. The zero-order valence-electron chi connectivity index (χ0n) is 29.4. The molecular formula is C52H33NO. The lowest BCUT2D eigenvalue weighted by Gasteiger charge is -2.28. The van der Waals surface area contributed by atoms with Crippen molar-refractivity contribution >= 4 is 82.1 Å². The fourth-order valence-electron chi connectivity index (χ4n) is 8.35. The summed E-state index contributed by atoms with van der Waals surface area (Å²) in [6.45, 7) is 0. The first-order valence-corrected chi connectivity index (χ1v) is 18.5. The number of benzene rings is 10. The van der Waals surface area contributed by atoms with Crippen molar-refractivity contribution in [3.05, 3.63) is 200 Å². The number of para-hydroxylation sites is 1. The molecule has 0 bridgehead atoms. The Hall–Kier alpha value is -7.16. The Balaban J connectivity index is 1.17. The molecule has 0 spiro atoms. The molecule has 10 aromatic carbocycles. The monoisotopic (exact) mass is 687 g/mol. The van der Waals surface area contributed by atoms with Gasteiger partial charge in [-0.1, -0.05) is 146 Å². The molecule has 1 heterocycles. The van der Waals surface area contributed by atoms with Crippen LogP contribution in [-0.2, 0) is 0 Å². The molecule has 1 aromatic heterocycles. The van der Waals surface area contributed by atoms with E-state index in [1.54, 1.807) is 0 Å². The second-order valence-corrected chi connectivity index (χ2v) is 14.1. The van der Waals surface area contributed by atoms with E-state index in [9.17, 15) is 0 Å². The SMILES string of the molecule is c1ccc(-c2ccc(N(c3ccc4ccc5cc6oc7ccccc7c6cc5c4c3)c3cc4cc(-c5ccccc5)ccc4c4ccccc34)cc2)cc1. The molecule has 0 aliphatic carbocycles. The highest BCUT2D eigenvalue weighted by molar-refractivity contribution is 6.18. The van der Waals surface area contributed by atoms with Gasteiger partial charge in [-0.2, -0.15) is 0 Å². The topological polar surface area (TPSA) is 16.4 Å². The van der Waals surface area contributed by atoms with Crippen LogP contribution in [0.15, 0.2) is 205 Å². The molecule has 252 valence electrons. The molecule has 0 atom stereocenters. The van der Waals surface area contributed by atoms with Gasteiger partial charge in [0.25, 0.3) is 0 Å². The van der Waals surface area contributed by atoms with Crippen LogP contribution in [0.2, 0.25) is 0 Å². The molecule has 0 saturated carbocycles. The fourth-order valence-corrected chi connectivity index (χ4v) is 8.35. The molecule has 0 radical (unpaired) electrons. The van der Waals surface area contributed by atoms with Crippen molar-refractivity contribution in [2.75, 3.05) is 4.90 Å². The van der Waals surface area contributed by atoms with Crippen molar-refractivity contribution in [1.82, 2.24) is 0 Å². The zero-order chi connectivity index (χ0) is 35.6. The summed E-state index contributed by atoms with van der Waals surface area (Å²) in [4.78, 5) is 2.44. The summed E-state index contributed by atoms with van der Waals surface area (Å²) in [5.41, 5.74) is 9.98. The minimum Gasteiger partial charge on any atom is -0.456 e. The van der Waals surface area contributed by atoms with Crippen molar-refractivity contribution in [2.24, 2.45) is 0 Å². The molecule has 0 aliphatic heterocycles. The molecule has 0 aliphatic rings. The van der Waals surface area contributed by atoms with Gasteiger partial charge in [0.15, 0.2) is 0 Å². The van der Waals surface area contributed by atoms with E-state index in [0.29, 0.717) is 0 Å². The Kier molecular flexibility index (Phi) is 6.90. The van der Waals surface area contributed by atoms with Crippen molar-refractivity contribution < 1.29 is 4.42 Å². The van der Waals surface area contributed by atoms with Crippen LogP contribution in [-0.4, -0.2) is 0 Å². The largest absolute Gasteiger partial charge is 0.456 e. The summed E-state index contributed by atoms with van der Waals surface area (Å²) in [7, 11) is 0. The highest BCUT2D eigenvalue weighted by Gasteiger charge is 2.19. The van der Waals surface area contributed by atoms with E-state index < -0.39 is 0 Å². The summed E-state index contributed by atoms with van der Waals surface area (Å²) < 4.78 is 6.30. The third kappa shape index (κ3) is 4.96. The maximum Gasteiger partial charge on any atom is 0.136 e. The molecule has 54 heavy (non-hydrogen) atoms. The number of anilines is 3. The summed E-state index contributed by atoms with van der Waals surface area (Å²) in [6.07, 6.45) is 0. The van der Waals surface area contributed by atoms with Gasteiger partial charge >= 0.3 is 0 Å². The standard InChI is InChI=1S/C52H33NO/c1-3-11-34(12-4-1)36-21-25-41(26-22-36)53(50-30-40-29-38(35-13-5-2-6-14-35)24-28-43(40)44-15-7-8-16-45(44)50)42-27-23-37-19-20-39-31-52-49(33-48(39)47(37)32-42)46-17-9-10-18-51(46)54-52/h1-33H. The van der Waals surface area contributed by atoms with Crippen molar-refractivity contribution in [3.8, 4) is 22.3 Å². The normalized spacial score (nSPS) is 11.7. The summed E-state index contributed by atoms with van der Waals surface area (Å²) >= 11 is 0. The molecule has 0 N–H and O–H groups in total. The van der Waals surface area contributed by atoms with Gasteiger partial charge in [0.05, 0.1) is 5.69 Å². The minimum atomic E-state index is 0.913. The van der Waals surface area contributed by atoms with Crippen LogP contribution < -0.4 is 4.90 Å². The number of hydrogen-bond donors (Lipinski definition) is 0. The molecule has 0 amide bonds. The predicted molar refractivity (Wildman–Crippen MR) is 229 cm³/mol. The first-order valence-electron chi connectivity index (χ1n) is 18.5. The Labute approximate surface area is 312 Å². The van der Waals surface area contributed by atoms with E-state index >= 15 is 0 Å². The molecule has 0 saturated heterocycles. The Morgan fingerprint density at radius 1 is 0.278 bits per heavy atom. The molecule has 11 rings (SSSR count). The minimum absolute atomic E-state index is 0.913. The van der Waals surface area contributed by atoms with E-state index in [0.717, 1.165) is 44.4 Å². The fraction of sp³-hybridized carbons (Fsp3) is 0. The van der Waals surface area contributed by atoms with Gasteiger partial charge in [0, 0.05) is 27.5 Å². The van der Waals surface area contributed by atoms with Crippen molar-refractivity contribution in [2.45, 2.75) is 0 Å². The zero-order valence-corrected chi connectivity index (χ0v) is 29.4. The van der Waals surface area contributed by atoms with E-state index in [1.807, 2.05) is 12.1 Å². The Morgan fingerprint density at radius 2 is 0.870 bits per heavy atom. The molecule has 2 heteroatoms. The van der Waals surface area contributed by atoms with Crippen LogP contribution in [0.5, 0.6) is 0 Å². The number of hydrogen-bond acceptors (Lipinski definition) is 2. The highest BCUT2D eigenvalue weighted by atomic mass is 16.3. The molecule has 0 unspecified atom stereocenters. The summed E-state index contributed by atoms with van der Waals surface area (Å²) in [5, 5.41) is 11.9. The number of nitrogens with zero attached hydrogens (tertiary/aromatic N) is 1.